The van der Waals surface area contributed by atoms with E-state index in [-0.39, 0.29) is 11.9 Å². The molecule has 2 unspecified atom stereocenters. The third-order valence-electron chi connectivity index (χ3n) is 3.69. The minimum atomic E-state index is -0.264. The van der Waals surface area contributed by atoms with Crippen LogP contribution in [0.25, 0.3) is 0 Å². The number of rotatable bonds is 3. The van der Waals surface area contributed by atoms with Crippen LogP contribution in [0.2, 0.25) is 0 Å². The van der Waals surface area contributed by atoms with E-state index in [1.807, 2.05) is 14.0 Å². The quantitative estimate of drug-likeness (QED) is 0.831. The first-order chi connectivity index (χ1) is 8.70. The number of nitrogens with one attached hydrogen (secondary N) is 1. The first-order valence-corrected chi connectivity index (χ1v) is 6.81. The van der Waals surface area contributed by atoms with Crippen LogP contribution in [0, 0.1) is 12.7 Å². The average Bonchev–Trinajstić information content (AvgIpc) is 2.59. The van der Waals surface area contributed by atoms with E-state index in [0.29, 0.717) is 11.8 Å². The monoisotopic (exact) mass is 251 g/mol. The van der Waals surface area contributed by atoms with Gasteiger partial charge in [0.15, 0.2) is 11.6 Å². The van der Waals surface area contributed by atoms with Crippen molar-refractivity contribution in [2.75, 3.05) is 7.05 Å². The lowest BCUT2D eigenvalue weighted by Crippen LogP contribution is -2.40. The number of likely N-dealkylation sites (N-methyl/N-ethyl adjacent to an activating group) is 1. The first kappa shape index (κ1) is 13.3. The Labute approximate surface area is 109 Å². The maximum Gasteiger partial charge on any atom is 0.165 e. The second-order valence-electron chi connectivity index (χ2n) is 5.12. The fourth-order valence-electron chi connectivity index (χ4n) is 2.61. The summed E-state index contributed by atoms with van der Waals surface area (Å²) in [5.74, 6) is 0.127. The Hall–Kier alpha value is -1.09. The molecule has 18 heavy (non-hydrogen) atoms. The van der Waals surface area contributed by atoms with Gasteiger partial charge in [0.25, 0.3) is 0 Å². The molecule has 2 rings (SSSR count). The minimum absolute atomic E-state index is 0.0776. The molecule has 2 atom stereocenters. The van der Waals surface area contributed by atoms with Crippen molar-refractivity contribution in [3.05, 3.63) is 29.6 Å². The van der Waals surface area contributed by atoms with Crippen LogP contribution in [-0.4, -0.2) is 19.2 Å². The second kappa shape index (κ2) is 6.19. The zero-order valence-electron chi connectivity index (χ0n) is 11.2. The molecule has 2 nitrogen and oxygen atoms in total. The summed E-state index contributed by atoms with van der Waals surface area (Å²) >= 11 is 0. The summed E-state index contributed by atoms with van der Waals surface area (Å²) in [5, 5.41) is 3.30. The minimum Gasteiger partial charge on any atom is -0.486 e. The average molecular weight is 251 g/mol. The molecule has 1 N–H and O–H groups in total. The van der Waals surface area contributed by atoms with Crippen LogP contribution < -0.4 is 10.1 Å². The van der Waals surface area contributed by atoms with Crippen LogP contribution in [0.3, 0.4) is 0 Å². The van der Waals surface area contributed by atoms with Crippen LogP contribution in [0.4, 0.5) is 4.39 Å². The van der Waals surface area contributed by atoms with E-state index in [4.69, 9.17) is 4.74 Å². The molecule has 0 amide bonds. The Balaban J connectivity index is 2.12. The lowest BCUT2D eigenvalue weighted by Gasteiger charge is -2.26. The molecule has 0 radical (unpaired) electrons. The Bertz CT molecular complexity index is 394. The van der Waals surface area contributed by atoms with Gasteiger partial charge in [-0.15, -0.1) is 0 Å². The fourth-order valence-corrected chi connectivity index (χ4v) is 2.61. The van der Waals surface area contributed by atoms with Gasteiger partial charge in [-0.05, 0) is 50.9 Å². The van der Waals surface area contributed by atoms with Crippen molar-refractivity contribution < 1.29 is 9.13 Å². The lowest BCUT2D eigenvalue weighted by molar-refractivity contribution is 0.142. The van der Waals surface area contributed by atoms with Gasteiger partial charge >= 0.3 is 0 Å². The zero-order chi connectivity index (χ0) is 13.0. The van der Waals surface area contributed by atoms with Crippen molar-refractivity contribution in [1.29, 1.82) is 0 Å². The predicted octanol–water partition coefficient (Wildman–Crippen LogP) is 3.43. The fraction of sp³-hybridized carbons (Fsp3) is 0.600. The summed E-state index contributed by atoms with van der Waals surface area (Å²) in [6, 6.07) is 5.36. The zero-order valence-corrected chi connectivity index (χ0v) is 11.2. The van der Waals surface area contributed by atoms with Crippen molar-refractivity contribution in [3.8, 4) is 5.75 Å². The molecule has 0 aromatic heterocycles. The maximum absolute atomic E-state index is 13.7. The molecule has 1 aliphatic rings. The van der Waals surface area contributed by atoms with Gasteiger partial charge in [0.05, 0.1) is 0 Å². The van der Waals surface area contributed by atoms with E-state index < -0.39 is 0 Å². The van der Waals surface area contributed by atoms with Gasteiger partial charge in [-0.3, -0.25) is 0 Å². The Morgan fingerprint density at radius 2 is 2.00 bits per heavy atom. The molecule has 3 heteroatoms. The summed E-state index contributed by atoms with van der Waals surface area (Å²) in [7, 11) is 1.96. The molecule has 0 saturated heterocycles. The Morgan fingerprint density at radius 3 is 2.78 bits per heavy atom. The Morgan fingerprint density at radius 1 is 1.22 bits per heavy atom. The van der Waals surface area contributed by atoms with Gasteiger partial charge in [-0.25, -0.2) is 4.39 Å². The first-order valence-electron chi connectivity index (χ1n) is 6.81. The van der Waals surface area contributed by atoms with Gasteiger partial charge in [0.1, 0.15) is 6.10 Å². The summed E-state index contributed by atoms with van der Waals surface area (Å²) in [5.41, 5.74) is 1.03. The van der Waals surface area contributed by atoms with Crippen LogP contribution in [0.15, 0.2) is 18.2 Å². The van der Waals surface area contributed by atoms with E-state index in [1.165, 1.54) is 18.9 Å². The smallest absolute Gasteiger partial charge is 0.165 e. The topological polar surface area (TPSA) is 21.3 Å². The summed E-state index contributed by atoms with van der Waals surface area (Å²) in [4.78, 5) is 0. The van der Waals surface area contributed by atoms with Crippen LogP contribution in [-0.2, 0) is 0 Å². The molecule has 0 bridgehead atoms. The maximum atomic E-state index is 13.7. The highest BCUT2D eigenvalue weighted by Crippen LogP contribution is 2.25. The lowest BCUT2D eigenvalue weighted by atomic mass is 10.1. The highest BCUT2D eigenvalue weighted by Gasteiger charge is 2.24. The van der Waals surface area contributed by atoms with E-state index in [2.05, 4.69) is 5.32 Å². The van der Waals surface area contributed by atoms with Crippen molar-refractivity contribution in [1.82, 2.24) is 5.32 Å². The molecular weight excluding hydrogens is 229 g/mol. The van der Waals surface area contributed by atoms with E-state index in [9.17, 15) is 4.39 Å². The normalized spacial score (nSPS) is 24.6. The van der Waals surface area contributed by atoms with Gasteiger partial charge in [-0.2, -0.15) is 0 Å². The van der Waals surface area contributed by atoms with Crippen molar-refractivity contribution in [2.24, 2.45) is 0 Å². The molecule has 0 aliphatic heterocycles. The molecule has 0 spiro atoms. The number of ether oxygens (including phenoxy) is 1. The summed E-state index contributed by atoms with van der Waals surface area (Å²) in [6.07, 6.45) is 5.81. The molecule has 1 aliphatic carbocycles. The van der Waals surface area contributed by atoms with Crippen LogP contribution >= 0.6 is 0 Å². The highest BCUT2D eigenvalue weighted by atomic mass is 19.1. The van der Waals surface area contributed by atoms with Crippen molar-refractivity contribution in [3.63, 3.8) is 0 Å². The molecule has 100 valence electrons. The molecule has 1 fully saturated rings. The Kier molecular flexibility index (Phi) is 4.59. The highest BCUT2D eigenvalue weighted by molar-refractivity contribution is 5.29. The number of hydrogen-bond acceptors (Lipinski definition) is 2. The molecule has 0 heterocycles. The molecule has 1 aromatic carbocycles. The molecule has 1 aromatic rings. The van der Waals surface area contributed by atoms with Gasteiger partial charge in [0.2, 0.25) is 0 Å². The summed E-state index contributed by atoms with van der Waals surface area (Å²) < 4.78 is 19.6. The van der Waals surface area contributed by atoms with Crippen molar-refractivity contribution in [2.45, 2.75) is 51.2 Å². The van der Waals surface area contributed by atoms with E-state index >= 15 is 0 Å². The SMILES string of the molecule is CNC1CCCCCC1Oc1cc(C)ccc1F. The van der Waals surface area contributed by atoms with Gasteiger partial charge < -0.3 is 10.1 Å². The largest absolute Gasteiger partial charge is 0.486 e. The standard InChI is InChI=1S/C15H22FNO/c1-11-8-9-12(16)15(10-11)18-14-7-5-3-4-6-13(14)17-2/h8-10,13-14,17H,3-7H2,1-2H3. The number of halogens is 1. The number of aryl methyl sites for hydroxylation is 1. The van der Waals surface area contributed by atoms with E-state index in [1.54, 1.807) is 12.1 Å². The summed E-state index contributed by atoms with van der Waals surface area (Å²) in [6.45, 7) is 1.95. The van der Waals surface area contributed by atoms with Gasteiger partial charge in [0, 0.05) is 6.04 Å². The van der Waals surface area contributed by atoms with Crippen LogP contribution in [0.5, 0.6) is 5.75 Å². The number of benzene rings is 1. The van der Waals surface area contributed by atoms with Gasteiger partial charge in [-0.1, -0.05) is 18.9 Å². The third kappa shape index (κ3) is 3.22. The van der Waals surface area contributed by atoms with Crippen LogP contribution in [0.1, 0.15) is 37.7 Å². The number of hydrogen-bond donors (Lipinski definition) is 1. The second-order valence-corrected chi connectivity index (χ2v) is 5.12. The van der Waals surface area contributed by atoms with E-state index in [0.717, 1.165) is 24.8 Å². The van der Waals surface area contributed by atoms with Crippen molar-refractivity contribution >= 4 is 0 Å². The predicted molar refractivity (Wildman–Crippen MR) is 71.5 cm³/mol. The molecule has 1 saturated carbocycles. The molecular formula is C15H22FNO. The third-order valence-corrected chi connectivity index (χ3v) is 3.69.